The van der Waals surface area contributed by atoms with Crippen molar-refractivity contribution in [2.24, 2.45) is 28.1 Å². The third kappa shape index (κ3) is 6.21. The average Bonchev–Trinajstić information content (AvgIpc) is 2.68. The van der Waals surface area contributed by atoms with Gasteiger partial charge in [0.2, 0.25) is 0 Å². The Kier molecular flexibility index (Phi) is 8.09. The van der Waals surface area contributed by atoms with Crippen LogP contribution in [-0.2, 0) is 38.2 Å². The first-order chi connectivity index (χ1) is 15.9. The summed E-state index contributed by atoms with van der Waals surface area (Å²) in [4.78, 5) is 76.2. The van der Waals surface area contributed by atoms with Gasteiger partial charge in [-0.05, 0) is 19.3 Å². The lowest BCUT2D eigenvalue weighted by Crippen LogP contribution is -2.54. The van der Waals surface area contributed by atoms with E-state index in [1.807, 2.05) is 0 Å². The van der Waals surface area contributed by atoms with E-state index >= 15 is 0 Å². The molecule has 8 nitrogen and oxygen atoms in total. The van der Waals surface area contributed by atoms with Gasteiger partial charge in [0.15, 0.2) is 0 Å². The third-order valence-corrected chi connectivity index (χ3v) is 6.90. The van der Waals surface area contributed by atoms with Crippen LogP contribution in [0.3, 0.4) is 0 Å². The highest BCUT2D eigenvalue weighted by Crippen LogP contribution is 2.50. The quantitative estimate of drug-likeness (QED) is 0.290. The van der Waals surface area contributed by atoms with Crippen molar-refractivity contribution >= 4 is 35.1 Å². The minimum absolute atomic E-state index is 0.0729. The maximum atomic E-state index is 13.2. The second kappa shape index (κ2) is 9.99. The molecule has 0 aromatic rings. The van der Waals surface area contributed by atoms with Crippen molar-refractivity contribution in [2.75, 3.05) is 13.2 Å². The number of ether oxygens (including phenoxy) is 2. The van der Waals surface area contributed by atoms with E-state index < -0.39 is 40.0 Å². The molecule has 0 heterocycles. The van der Waals surface area contributed by atoms with Crippen LogP contribution in [0.25, 0.3) is 0 Å². The van der Waals surface area contributed by atoms with E-state index in [1.54, 1.807) is 27.7 Å². The highest BCUT2D eigenvalue weighted by atomic mass is 16.5. The second-order valence-electron chi connectivity index (χ2n) is 11.6. The van der Waals surface area contributed by atoms with Crippen molar-refractivity contribution < 1.29 is 38.2 Å². The lowest BCUT2D eigenvalue weighted by molar-refractivity contribution is -0.160. The molecule has 35 heavy (non-hydrogen) atoms. The summed E-state index contributed by atoms with van der Waals surface area (Å²) in [5.41, 5.74) is -2.49. The van der Waals surface area contributed by atoms with E-state index in [2.05, 4.69) is 13.2 Å². The Bertz CT molecular complexity index is 877. The molecule has 0 radical (unpaired) electrons. The molecule has 192 valence electrons. The van der Waals surface area contributed by atoms with Gasteiger partial charge in [0.25, 0.3) is 0 Å². The lowest BCUT2D eigenvalue weighted by atomic mass is 9.54. The molecule has 0 aliphatic heterocycles. The van der Waals surface area contributed by atoms with E-state index in [4.69, 9.17) is 9.47 Å². The van der Waals surface area contributed by atoms with Crippen LogP contribution >= 0.6 is 0 Å². The van der Waals surface area contributed by atoms with E-state index in [-0.39, 0.29) is 73.2 Å². The number of ketones is 4. The Morgan fingerprint density at radius 2 is 0.971 bits per heavy atom. The first kappa shape index (κ1) is 28.3. The molecule has 8 heteroatoms. The zero-order chi connectivity index (χ0) is 26.9. The van der Waals surface area contributed by atoms with Gasteiger partial charge in [0.1, 0.15) is 23.1 Å². The smallest absolute Gasteiger partial charge is 0.333 e. The maximum absolute atomic E-state index is 13.2. The summed E-state index contributed by atoms with van der Waals surface area (Å²) in [6.45, 7) is 16.5. The minimum atomic E-state index is -1.04. The summed E-state index contributed by atoms with van der Waals surface area (Å²) in [6, 6.07) is 0. The standard InChI is InChI=1S/C27H36O8/c1-15(2)23(32)34-13-25(5,6)21-17(28)9-27(10-18(21)29)11-19(30)22(20(31)12-27)26(7,8)14-35-24(33)16(3)4/h21-22H,1,3,9-14H2,2,4-8H3. The fourth-order valence-electron chi connectivity index (χ4n) is 5.28. The molecule has 0 N–H and O–H groups in total. The summed E-state index contributed by atoms with van der Waals surface area (Å²) < 4.78 is 10.4. The van der Waals surface area contributed by atoms with Crippen molar-refractivity contribution in [3.8, 4) is 0 Å². The zero-order valence-electron chi connectivity index (χ0n) is 21.6. The Balaban J connectivity index is 2.15. The molecule has 0 aromatic carbocycles. The van der Waals surface area contributed by atoms with Crippen LogP contribution in [0.4, 0.5) is 0 Å². The second-order valence-corrected chi connectivity index (χ2v) is 11.6. The van der Waals surface area contributed by atoms with Gasteiger partial charge < -0.3 is 9.47 Å². The first-order valence-electron chi connectivity index (χ1n) is 11.7. The van der Waals surface area contributed by atoms with Crippen LogP contribution in [0, 0.1) is 28.1 Å². The van der Waals surface area contributed by atoms with Crippen molar-refractivity contribution in [3.05, 3.63) is 24.3 Å². The van der Waals surface area contributed by atoms with Crippen LogP contribution in [0.15, 0.2) is 24.3 Å². The Morgan fingerprint density at radius 1 is 0.714 bits per heavy atom. The van der Waals surface area contributed by atoms with E-state index in [1.165, 1.54) is 13.8 Å². The van der Waals surface area contributed by atoms with Gasteiger partial charge >= 0.3 is 11.9 Å². The van der Waals surface area contributed by atoms with Crippen molar-refractivity contribution in [1.29, 1.82) is 0 Å². The molecule has 2 saturated carbocycles. The molecule has 0 aromatic heterocycles. The highest BCUT2D eigenvalue weighted by Gasteiger charge is 2.56. The predicted molar refractivity (Wildman–Crippen MR) is 127 cm³/mol. The molecular formula is C27H36O8. The number of carbonyl (C=O) groups is 6. The van der Waals surface area contributed by atoms with Gasteiger partial charge in [0.05, 0.1) is 25.0 Å². The monoisotopic (exact) mass is 488 g/mol. The summed E-state index contributed by atoms with van der Waals surface area (Å²) in [7, 11) is 0. The van der Waals surface area contributed by atoms with Gasteiger partial charge in [-0.3, -0.25) is 19.2 Å². The molecule has 0 unspecified atom stereocenters. The fourth-order valence-corrected chi connectivity index (χ4v) is 5.28. The van der Waals surface area contributed by atoms with Gasteiger partial charge in [0, 0.05) is 47.7 Å². The van der Waals surface area contributed by atoms with Gasteiger partial charge in [-0.1, -0.05) is 40.9 Å². The lowest BCUT2D eigenvalue weighted by Gasteiger charge is -2.46. The summed E-state index contributed by atoms with van der Waals surface area (Å²) >= 11 is 0. The fraction of sp³-hybridized carbons (Fsp3) is 0.630. The summed E-state index contributed by atoms with van der Waals surface area (Å²) in [6.07, 6.45) is -0.291. The largest absolute Gasteiger partial charge is 0.462 e. The van der Waals surface area contributed by atoms with E-state index in [0.29, 0.717) is 0 Å². The number of rotatable bonds is 8. The molecule has 2 aliphatic rings. The third-order valence-electron chi connectivity index (χ3n) is 6.90. The Hall–Kier alpha value is -2.90. The molecular weight excluding hydrogens is 452 g/mol. The van der Waals surface area contributed by atoms with Crippen LogP contribution in [0.5, 0.6) is 0 Å². The predicted octanol–water partition coefficient (Wildman–Crippen LogP) is 3.36. The number of Topliss-reactive ketones (excluding diaryl/α,β-unsaturated/α-hetero) is 4. The number of carbonyl (C=O) groups excluding carboxylic acids is 6. The number of esters is 2. The molecule has 2 aliphatic carbocycles. The van der Waals surface area contributed by atoms with Gasteiger partial charge in [-0.2, -0.15) is 0 Å². The van der Waals surface area contributed by atoms with Gasteiger partial charge in [-0.25, -0.2) is 9.59 Å². The summed E-state index contributed by atoms with van der Waals surface area (Å²) in [5.74, 6) is -4.61. The van der Waals surface area contributed by atoms with Crippen LogP contribution in [0.1, 0.15) is 67.2 Å². The zero-order valence-corrected chi connectivity index (χ0v) is 21.6. The molecule has 0 bridgehead atoms. The summed E-state index contributed by atoms with van der Waals surface area (Å²) in [5, 5.41) is 0. The van der Waals surface area contributed by atoms with Crippen LogP contribution in [-0.4, -0.2) is 48.3 Å². The molecule has 0 amide bonds. The number of hydrogen-bond donors (Lipinski definition) is 0. The molecule has 2 rings (SSSR count). The molecule has 0 atom stereocenters. The SMILES string of the molecule is C=C(C)C(=O)OCC(C)(C)C1C(=O)CC2(CC1=O)CC(=O)C(C(C)(C)COC(=O)C(=C)C)C(=O)C2. The van der Waals surface area contributed by atoms with Crippen molar-refractivity contribution in [1.82, 2.24) is 0 Å². The van der Waals surface area contributed by atoms with Crippen LogP contribution in [0.2, 0.25) is 0 Å². The van der Waals surface area contributed by atoms with Gasteiger partial charge in [-0.15, -0.1) is 0 Å². The maximum Gasteiger partial charge on any atom is 0.333 e. The van der Waals surface area contributed by atoms with Crippen molar-refractivity contribution in [2.45, 2.75) is 67.2 Å². The minimum Gasteiger partial charge on any atom is -0.462 e. The van der Waals surface area contributed by atoms with Crippen LogP contribution < -0.4 is 0 Å². The molecule has 2 fully saturated rings. The van der Waals surface area contributed by atoms with E-state index in [9.17, 15) is 28.8 Å². The molecule has 1 spiro atoms. The Morgan fingerprint density at radius 3 is 1.20 bits per heavy atom. The first-order valence-corrected chi connectivity index (χ1v) is 11.7. The number of hydrogen-bond acceptors (Lipinski definition) is 8. The van der Waals surface area contributed by atoms with E-state index in [0.717, 1.165) is 0 Å². The average molecular weight is 489 g/mol. The van der Waals surface area contributed by atoms with Crippen molar-refractivity contribution in [3.63, 3.8) is 0 Å². The highest BCUT2D eigenvalue weighted by molar-refractivity contribution is 6.11. The Labute approximate surface area is 206 Å². The molecule has 0 saturated heterocycles. The normalized spacial score (nSPS) is 25.4. The topological polar surface area (TPSA) is 121 Å².